The van der Waals surface area contributed by atoms with Gasteiger partial charge in [0, 0.05) is 12.6 Å². The maximum absolute atomic E-state index is 10.0. The Hall–Kier alpha value is -0.480. The third-order valence-electron chi connectivity index (χ3n) is 1.66. The molecule has 0 aliphatic carbocycles. The largest absolute Gasteiger partial charge is 0.465 e. The predicted molar refractivity (Wildman–Crippen MR) is 44.3 cm³/mol. The molecule has 1 heterocycles. The first-order valence-electron chi connectivity index (χ1n) is 3.49. The molecule has 11 heavy (non-hydrogen) atoms. The highest BCUT2D eigenvalue weighted by molar-refractivity contribution is 5.85. The number of nitrogens with one attached hydrogen (secondary N) is 2. The standard InChI is InChI=1S/C6H12N2O2.ClH/c9-6(10)8-4-5-2-1-3-7-5;/h5,7-8H,1-4H2,(H,9,10);1H. The van der Waals surface area contributed by atoms with Crippen molar-refractivity contribution in [3.05, 3.63) is 0 Å². The van der Waals surface area contributed by atoms with E-state index in [-0.39, 0.29) is 12.4 Å². The van der Waals surface area contributed by atoms with Crippen LogP contribution in [0.4, 0.5) is 4.79 Å². The number of halogens is 1. The van der Waals surface area contributed by atoms with Gasteiger partial charge >= 0.3 is 6.09 Å². The van der Waals surface area contributed by atoms with Gasteiger partial charge in [0.1, 0.15) is 0 Å². The Balaban J connectivity index is 0.000001000. The molecule has 66 valence electrons. The van der Waals surface area contributed by atoms with Crippen LogP contribution in [0.3, 0.4) is 0 Å². The highest BCUT2D eigenvalue weighted by atomic mass is 35.5. The lowest BCUT2D eigenvalue weighted by Crippen LogP contribution is -2.36. The van der Waals surface area contributed by atoms with Crippen LogP contribution in [0, 0.1) is 0 Å². The SMILES string of the molecule is Cl.O=C(O)NCC1CCCN1. The molecule has 0 aromatic heterocycles. The Kier molecular flexibility index (Phi) is 4.98. The Morgan fingerprint density at radius 1 is 1.73 bits per heavy atom. The first kappa shape index (κ1) is 10.5. The van der Waals surface area contributed by atoms with E-state index >= 15 is 0 Å². The molecule has 1 amide bonds. The van der Waals surface area contributed by atoms with E-state index in [2.05, 4.69) is 10.6 Å². The molecule has 0 bridgehead atoms. The number of hydrogen-bond donors (Lipinski definition) is 3. The molecule has 0 aromatic carbocycles. The first-order chi connectivity index (χ1) is 4.79. The minimum absolute atomic E-state index is 0. The lowest BCUT2D eigenvalue weighted by molar-refractivity contribution is 0.193. The maximum atomic E-state index is 10.0. The molecule has 1 saturated heterocycles. The van der Waals surface area contributed by atoms with Gasteiger partial charge in [-0.1, -0.05) is 0 Å². The van der Waals surface area contributed by atoms with Crippen molar-refractivity contribution in [2.24, 2.45) is 0 Å². The smallest absolute Gasteiger partial charge is 0.404 e. The zero-order valence-corrected chi connectivity index (χ0v) is 6.99. The van der Waals surface area contributed by atoms with Gasteiger partial charge in [0.05, 0.1) is 0 Å². The van der Waals surface area contributed by atoms with Crippen molar-refractivity contribution in [1.82, 2.24) is 10.6 Å². The van der Waals surface area contributed by atoms with Crippen LogP contribution < -0.4 is 10.6 Å². The topological polar surface area (TPSA) is 61.4 Å². The van der Waals surface area contributed by atoms with Crippen molar-refractivity contribution in [3.63, 3.8) is 0 Å². The van der Waals surface area contributed by atoms with E-state index in [0.29, 0.717) is 12.6 Å². The van der Waals surface area contributed by atoms with E-state index in [1.54, 1.807) is 0 Å². The van der Waals surface area contributed by atoms with Crippen molar-refractivity contribution >= 4 is 18.5 Å². The molecular formula is C6H13ClN2O2. The van der Waals surface area contributed by atoms with Crippen LogP contribution in [-0.2, 0) is 0 Å². The number of carboxylic acid groups (broad SMARTS) is 1. The third kappa shape index (κ3) is 4.06. The normalized spacial score (nSPS) is 22.4. The summed E-state index contributed by atoms with van der Waals surface area (Å²) in [5, 5.41) is 13.8. The lowest BCUT2D eigenvalue weighted by atomic mass is 10.2. The Bertz CT molecular complexity index is 126. The molecule has 3 N–H and O–H groups in total. The van der Waals surface area contributed by atoms with Crippen molar-refractivity contribution < 1.29 is 9.90 Å². The van der Waals surface area contributed by atoms with E-state index < -0.39 is 6.09 Å². The molecule has 0 spiro atoms. The minimum Gasteiger partial charge on any atom is -0.465 e. The Morgan fingerprint density at radius 3 is 2.91 bits per heavy atom. The average molecular weight is 181 g/mol. The van der Waals surface area contributed by atoms with Crippen molar-refractivity contribution in [1.29, 1.82) is 0 Å². The van der Waals surface area contributed by atoms with Gasteiger partial charge in [0.2, 0.25) is 0 Å². The summed E-state index contributed by atoms with van der Waals surface area (Å²) in [5.74, 6) is 0. The minimum atomic E-state index is -0.936. The van der Waals surface area contributed by atoms with Crippen molar-refractivity contribution in [2.75, 3.05) is 13.1 Å². The summed E-state index contributed by atoms with van der Waals surface area (Å²) in [6, 6.07) is 0.357. The highest BCUT2D eigenvalue weighted by Gasteiger charge is 2.13. The van der Waals surface area contributed by atoms with E-state index in [9.17, 15) is 4.79 Å². The van der Waals surface area contributed by atoms with Gasteiger partial charge in [-0.3, -0.25) is 0 Å². The number of rotatable bonds is 2. The quantitative estimate of drug-likeness (QED) is 0.578. The van der Waals surface area contributed by atoms with Crippen molar-refractivity contribution in [3.8, 4) is 0 Å². The van der Waals surface area contributed by atoms with E-state index in [1.807, 2.05) is 0 Å². The summed E-state index contributed by atoms with van der Waals surface area (Å²) in [7, 11) is 0. The van der Waals surface area contributed by atoms with Gasteiger partial charge in [0.25, 0.3) is 0 Å². The molecule has 0 aromatic rings. The van der Waals surface area contributed by atoms with Crippen molar-refractivity contribution in [2.45, 2.75) is 18.9 Å². The lowest BCUT2D eigenvalue weighted by Gasteiger charge is -2.08. The molecule has 1 atom stereocenters. The first-order valence-corrected chi connectivity index (χ1v) is 3.49. The van der Waals surface area contributed by atoms with Crippen LogP contribution >= 0.6 is 12.4 Å². The van der Waals surface area contributed by atoms with Gasteiger partial charge in [-0.2, -0.15) is 0 Å². The number of amides is 1. The second-order valence-corrected chi connectivity index (χ2v) is 2.48. The average Bonchev–Trinajstić information content (AvgIpc) is 2.34. The molecular weight excluding hydrogens is 168 g/mol. The van der Waals surface area contributed by atoms with E-state index in [0.717, 1.165) is 19.4 Å². The zero-order chi connectivity index (χ0) is 7.40. The molecule has 0 radical (unpaired) electrons. The number of carbonyl (C=O) groups is 1. The monoisotopic (exact) mass is 180 g/mol. The molecule has 1 rings (SSSR count). The molecule has 1 aliphatic heterocycles. The van der Waals surface area contributed by atoms with E-state index in [1.165, 1.54) is 0 Å². The molecule has 1 fully saturated rings. The van der Waals surface area contributed by atoms with Crippen LogP contribution in [0.5, 0.6) is 0 Å². The molecule has 5 heteroatoms. The second kappa shape index (κ2) is 5.21. The summed E-state index contributed by atoms with van der Waals surface area (Å²) >= 11 is 0. The predicted octanol–water partition coefficient (Wildman–Crippen LogP) is 0.428. The Labute approximate surface area is 71.8 Å². The number of hydrogen-bond acceptors (Lipinski definition) is 2. The molecule has 1 unspecified atom stereocenters. The highest BCUT2D eigenvalue weighted by Crippen LogP contribution is 2.02. The van der Waals surface area contributed by atoms with Crippen LogP contribution in [0.2, 0.25) is 0 Å². The fourth-order valence-electron chi connectivity index (χ4n) is 1.14. The van der Waals surface area contributed by atoms with E-state index in [4.69, 9.17) is 5.11 Å². The summed E-state index contributed by atoms with van der Waals surface area (Å²) in [5.41, 5.74) is 0. The summed E-state index contributed by atoms with van der Waals surface area (Å²) in [6.07, 6.45) is 1.31. The third-order valence-corrected chi connectivity index (χ3v) is 1.66. The van der Waals surface area contributed by atoms with Gasteiger partial charge in [-0.05, 0) is 19.4 Å². The van der Waals surface area contributed by atoms with Crippen LogP contribution in [0.25, 0.3) is 0 Å². The van der Waals surface area contributed by atoms with Crippen LogP contribution in [0.15, 0.2) is 0 Å². The molecule has 4 nitrogen and oxygen atoms in total. The van der Waals surface area contributed by atoms with Crippen LogP contribution in [0.1, 0.15) is 12.8 Å². The van der Waals surface area contributed by atoms with Gasteiger partial charge in [0.15, 0.2) is 0 Å². The van der Waals surface area contributed by atoms with Gasteiger partial charge in [-0.25, -0.2) is 4.79 Å². The summed E-state index contributed by atoms with van der Waals surface area (Å²) in [6.45, 7) is 1.56. The fourth-order valence-corrected chi connectivity index (χ4v) is 1.14. The molecule has 0 saturated carbocycles. The fraction of sp³-hybridized carbons (Fsp3) is 0.833. The van der Waals surface area contributed by atoms with Gasteiger partial charge in [-0.15, -0.1) is 12.4 Å². The summed E-state index contributed by atoms with van der Waals surface area (Å²) < 4.78 is 0. The molecule has 1 aliphatic rings. The maximum Gasteiger partial charge on any atom is 0.404 e. The van der Waals surface area contributed by atoms with Crippen LogP contribution in [-0.4, -0.2) is 30.3 Å². The van der Waals surface area contributed by atoms with Gasteiger partial charge < -0.3 is 15.7 Å². The Morgan fingerprint density at radius 2 is 2.45 bits per heavy atom. The zero-order valence-electron chi connectivity index (χ0n) is 6.17. The second-order valence-electron chi connectivity index (χ2n) is 2.48. The summed E-state index contributed by atoms with van der Waals surface area (Å²) in [4.78, 5) is 10.0.